The average molecular weight is 379 g/mol. The third-order valence-corrected chi connectivity index (χ3v) is 5.44. The highest BCUT2D eigenvalue weighted by Crippen LogP contribution is 2.24. The van der Waals surface area contributed by atoms with Crippen molar-refractivity contribution in [1.29, 1.82) is 0 Å². The molecule has 0 spiro atoms. The number of hydrogen-bond donors (Lipinski definition) is 0. The molecule has 3 aromatic rings. The molecule has 8 nitrogen and oxygen atoms in total. The Morgan fingerprint density at radius 1 is 1.04 bits per heavy atom. The van der Waals surface area contributed by atoms with Crippen molar-refractivity contribution < 1.29 is 4.79 Å². The summed E-state index contributed by atoms with van der Waals surface area (Å²) in [4.78, 5) is 25.7. The van der Waals surface area contributed by atoms with Gasteiger partial charge in [-0.15, -0.1) is 5.10 Å². The number of rotatable bonds is 5. The van der Waals surface area contributed by atoms with Crippen LogP contribution in [0, 0.1) is 5.92 Å². The van der Waals surface area contributed by atoms with Crippen LogP contribution in [0.1, 0.15) is 26.7 Å². The van der Waals surface area contributed by atoms with Crippen LogP contribution in [0.5, 0.6) is 0 Å². The van der Waals surface area contributed by atoms with Gasteiger partial charge in [-0.1, -0.05) is 37.3 Å². The van der Waals surface area contributed by atoms with Crippen LogP contribution in [0.2, 0.25) is 0 Å². The molecule has 0 radical (unpaired) electrons. The summed E-state index contributed by atoms with van der Waals surface area (Å²) in [5, 5.41) is 8.63. The van der Waals surface area contributed by atoms with Crippen LogP contribution in [0.3, 0.4) is 0 Å². The van der Waals surface area contributed by atoms with E-state index in [0.717, 1.165) is 37.4 Å². The molecule has 1 fully saturated rings. The van der Waals surface area contributed by atoms with Gasteiger partial charge in [0, 0.05) is 32.1 Å². The first kappa shape index (κ1) is 18.3. The minimum absolute atomic E-state index is 0.128. The van der Waals surface area contributed by atoms with Crippen molar-refractivity contribution in [2.24, 2.45) is 5.92 Å². The Morgan fingerprint density at radius 3 is 2.43 bits per heavy atom. The molecular formula is C20H25N7O. The summed E-state index contributed by atoms with van der Waals surface area (Å²) in [5.41, 5.74) is 2.29. The van der Waals surface area contributed by atoms with Gasteiger partial charge in [0.15, 0.2) is 17.0 Å². The summed E-state index contributed by atoms with van der Waals surface area (Å²) in [6.45, 7) is 7.03. The van der Waals surface area contributed by atoms with Gasteiger partial charge < -0.3 is 9.80 Å². The monoisotopic (exact) mass is 379 g/mol. The molecule has 3 heterocycles. The fourth-order valence-electron chi connectivity index (χ4n) is 3.75. The molecule has 0 bridgehead atoms. The van der Waals surface area contributed by atoms with E-state index in [0.29, 0.717) is 24.3 Å². The number of anilines is 1. The Balaban J connectivity index is 1.55. The van der Waals surface area contributed by atoms with Crippen molar-refractivity contribution in [2.45, 2.75) is 26.7 Å². The number of nitrogens with zero attached hydrogens (tertiary/aromatic N) is 7. The molecule has 1 aliphatic rings. The fraction of sp³-hybridized carbons (Fsp3) is 0.450. The Hall–Kier alpha value is -3.03. The second kappa shape index (κ2) is 7.92. The third-order valence-electron chi connectivity index (χ3n) is 5.44. The van der Waals surface area contributed by atoms with E-state index in [2.05, 4.69) is 39.0 Å². The SMILES string of the molecule is CCC(CC)C(=O)N1CCN(c2ncnc3c2nnn3-c2ccccc2)CC1. The molecule has 1 amide bonds. The van der Waals surface area contributed by atoms with Gasteiger partial charge in [-0.3, -0.25) is 4.79 Å². The zero-order valence-electron chi connectivity index (χ0n) is 16.3. The van der Waals surface area contributed by atoms with Gasteiger partial charge in [0.1, 0.15) is 6.33 Å². The molecule has 4 rings (SSSR count). The molecule has 0 aliphatic carbocycles. The van der Waals surface area contributed by atoms with Crippen LogP contribution in [0.15, 0.2) is 36.7 Å². The number of fused-ring (bicyclic) bond motifs is 1. The Morgan fingerprint density at radius 2 is 1.75 bits per heavy atom. The largest absolute Gasteiger partial charge is 0.351 e. The van der Waals surface area contributed by atoms with E-state index >= 15 is 0 Å². The quantitative estimate of drug-likeness (QED) is 0.677. The van der Waals surface area contributed by atoms with Crippen molar-refractivity contribution >= 4 is 22.9 Å². The van der Waals surface area contributed by atoms with E-state index in [1.165, 1.54) is 0 Å². The Kier molecular flexibility index (Phi) is 5.18. The number of aromatic nitrogens is 5. The molecule has 0 saturated carbocycles. The van der Waals surface area contributed by atoms with Gasteiger partial charge in [0.25, 0.3) is 0 Å². The van der Waals surface area contributed by atoms with Crippen molar-refractivity contribution in [2.75, 3.05) is 31.1 Å². The van der Waals surface area contributed by atoms with E-state index in [1.54, 1.807) is 11.0 Å². The van der Waals surface area contributed by atoms with Crippen LogP contribution >= 0.6 is 0 Å². The first-order valence-electron chi connectivity index (χ1n) is 9.88. The molecule has 146 valence electrons. The van der Waals surface area contributed by atoms with Crippen LogP contribution in [-0.2, 0) is 4.79 Å². The predicted octanol–water partition coefficient (Wildman–Crippen LogP) is 2.30. The lowest BCUT2D eigenvalue weighted by Gasteiger charge is -2.36. The summed E-state index contributed by atoms with van der Waals surface area (Å²) >= 11 is 0. The molecule has 28 heavy (non-hydrogen) atoms. The van der Waals surface area contributed by atoms with E-state index in [-0.39, 0.29) is 11.8 Å². The molecule has 8 heteroatoms. The number of piperazine rings is 1. The zero-order chi connectivity index (χ0) is 19.5. The Labute approximate surface area is 164 Å². The van der Waals surface area contributed by atoms with Crippen molar-refractivity contribution in [3.05, 3.63) is 36.7 Å². The van der Waals surface area contributed by atoms with Crippen LogP contribution in [0.4, 0.5) is 5.82 Å². The average Bonchev–Trinajstić information content (AvgIpc) is 3.19. The molecule has 1 aromatic carbocycles. The topological polar surface area (TPSA) is 80.0 Å². The van der Waals surface area contributed by atoms with Crippen molar-refractivity contribution in [3.63, 3.8) is 0 Å². The van der Waals surface area contributed by atoms with Gasteiger partial charge in [0.2, 0.25) is 5.91 Å². The lowest BCUT2D eigenvalue weighted by Crippen LogP contribution is -2.50. The number of carbonyl (C=O) groups excluding carboxylic acids is 1. The normalized spacial score (nSPS) is 14.8. The maximum Gasteiger partial charge on any atom is 0.225 e. The molecule has 0 unspecified atom stereocenters. The number of carbonyl (C=O) groups is 1. The smallest absolute Gasteiger partial charge is 0.225 e. The first-order chi connectivity index (χ1) is 13.7. The number of amides is 1. The summed E-state index contributed by atoms with van der Waals surface area (Å²) in [6.07, 6.45) is 3.34. The van der Waals surface area contributed by atoms with E-state index in [9.17, 15) is 4.79 Å². The van der Waals surface area contributed by atoms with Crippen molar-refractivity contribution in [1.82, 2.24) is 29.9 Å². The fourth-order valence-corrected chi connectivity index (χ4v) is 3.75. The van der Waals surface area contributed by atoms with Gasteiger partial charge >= 0.3 is 0 Å². The van der Waals surface area contributed by atoms with Gasteiger partial charge in [-0.2, -0.15) is 4.68 Å². The van der Waals surface area contributed by atoms with Crippen LogP contribution < -0.4 is 4.90 Å². The van der Waals surface area contributed by atoms with Crippen molar-refractivity contribution in [3.8, 4) is 5.69 Å². The molecule has 0 atom stereocenters. The van der Waals surface area contributed by atoms with Crippen LogP contribution in [-0.4, -0.2) is 61.9 Å². The maximum absolute atomic E-state index is 12.6. The highest BCUT2D eigenvalue weighted by atomic mass is 16.2. The standard InChI is InChI=1S/C20H25N7O/c1-3-15(4-2)20(28)26-12-10-25(11-13-26)18-17-19(22-14-21-18)27(24-23-17)16-8-6-5-7-9-16/h5-9,14-15H,3-4,10-13H2,1-2H3. The van der Waals surface area contributed by atoms with E-state index in [1.807, 2.05) is 35.2 Å². The van der Waals surface area contributed by atoms with Gasteiger partial charge in [-0.05, 0) is 25.0 Å². The van der Waals surface area contributed by atoms with E-state index < -0.39 is 0 Å². The lowest BCUT2D eigenvalue weighted by atomic mass is 10.0. The van der Waals surface area contributed by atoms with E-state index in [4.69, 9.17) is 0 Å². The predicted molar refractivity (Wildman–Crippen MR) is 107 cm³/mol. The number of hydrogen-bond acceptors (Lipinski definition) is 6. The highest BCUT2D eigenvalue weighted by molar-refractivity contribution is 5.84. The maximum atomic E-state index is 12.6. The highest BCUT2D eigenvalue weighted by Gasteiger charge is 2.27. The second-order valence-corrected chi connectivity index (χ2v) is 7.03. The minimum Gasteiger partial charge on any atom is -0.351 e. The Bertz CT molecular complexity index is 944. The summed E-state index contributed by atoms with van der Waals surface area (Å²) in [7, 11) is 0. The molecule has 2 aromatic heterocycles. The third kappa shape index (κ3) is 3.30. The molecule has 1 saturated heterocycles. The summed E-state index contributed by atoms with van der Waals surface area (Å²) < 4.78 is 1.73. The first-order valence-corrected chi connectivity index (χ1v) is 9.88. The lowest BCUT2D eigenvalue weighted by molar-refractivity contribution is -0.136. The number of para-hydroxylation sites is 1. The molecule has 1 aliphatic heterocycles. The molecular weight excluding hydrogens is 354 g/mol. The minimum atomic E-state index is 0.128. The van der Waals surface area contributed by atoms with Crippen LogP contribution in [0.25, 0.3) is 16.9 Å². The summed E-state index contributed by atoms with van der Waals surface area (Å²) in [6, 6.07) is 9.82. The summed E-state index contributed by atoms with van der Waals surface area (Å²) in [5.74, 6) is 1.18. The molecule has 0 N–H and O–H groups in total. The zero-order valence-corrected chi connectivity index (χ0v) is 16.3. The van der Waals surface area contributed by atoms with Gasteiger partial charge in [0.05, 0.1) is 5.69 Å². The second-order valence-electron chi connectivity index (χ2n) is 7.03. The van der Waals surface area contributed by atoms with Gasteiger partial charge in [-0.25, -0.2) is 9.97 Å². The number of benzene rings is 1.